The van der Waals surface area contributed by atoms with Crippen molar-refractivity contribution < 1.29 is 0 Å². The van der Waals surface area contributed by atoms with Gasteiger partial charge in [-0.3, -0.25) is 9.58 Å². The van der Waals surface area contributed by atoms with Crippen molar-refractivity contribution in [3.05, 3.63) is 18.0 Å². The fourth-order valence-corrected chi connectivity index (χ4v) is 2.82. The Balaban J connectivity index is 2.26. The first-order valence-electron chi connectivity index (χ1n) is 6.68. The molecule has 0 amide bonds. The minimum absolute atomic E-state index is 0.246. The topological polar surface area (TPSA) is 47.1 Å². The summed E-state index contributed by atoms with van der Waals surface area (Å²) in [6.45, 7) is 8.80. The molecule has 1 aliphatic rings. The third kappa shape index (κ3) is 2.38. The fraction of sp³-hybridized carbons (Fsp3) is 0.769. The molecular formula is C13H24N4. The van der Waals surface area contributed by atoms with Gasteiger partial charge in [0, 0.05) is 24.8 Å². The van der Waals surface area contributed by atoms with Crippen molar-refractivity contribution in [2.45, 2.75) is 51.7 Å². The van der Waals surface area contributed by atoms with Gasteiger partial charge in [0.05, 0.1) is 11.7 Å². The molecule has 0 bridgehead atoms. The second-order valence-corrected chi connectivity index (χ2v) is 5.23. The Morgan fingerprint density at radius 2 is 2.29 bits per heavy atom. The smallest absolute Gasteiger partial charge is 0.0671 e. The van der Waals surface area contributed by atoms with Crippen molar-refractivity contribution in [2.24, 2.45) is 5.73 Å². The van der Waals surface area contributed by atoms with Crippen molar-refractivity contribution >= 4 is 0 Å². The molecule has 0 radical (unpaired) electrons. The average Bonchev–Trinajstić information content (AvgIpc) is 2.85. The van der Waals surface area contributed by atoms with E-state index in [0.29, 0.717) is 12.1 Å². The maximum Gasteiger partial charge on any atom is 0.0671 e. The van der Waals surface area contributed by atoms with Crippen LogP contribution < -0.4 is 5.73 Å². The molecule has 0 aromatic carbocycles. The van der Waals surface area contributed by atoms with Crippen LogP contribution in [0.2, 0.25) is 0 Å². The number of nitrogens with two attached hydrogens (primary N) is 1. The third-order valence-electron chi connectivity index (χ3n) is 3.55. The summed E-state index contributed by atoms with van der Waals surface area (Å²) in [5, 5.41) is 4.42. The first kappa shape index (κ1) is 12.6. The van der Waals surface area contributed by atoms with Crippen molar-refractivity contribution in [2.75, 3.05) is 13.1 Å². The predicted molar refractivity (Wildman–Crippen MR) is 69.8 cm³/mol. The van der Waals surface area contributed by atoms with E-state index in [1.807, 2.05) is 6.20 Å². The Kier molecular flexibility index (Phi) is 3.84. The molecule has 2 N–H and O–H groups in total. The molecule has 2 atom stereocenters. The third-order valence-corrected chi connectivity index (χ3v) is 3.55. The first-order chi connectivity index (χ1) is 8.15. The second kappa shape index (κ2) is 5.19. The fourth-order valence-electron chi connectivity index (χ4n) is 2.82. The van der Waals surface area contributed by atoms with Crippen LogP contribution >= 0.6 is 0 Å². The first-order valence-corrected chi connectivity index (χ1v) is 6.68. The largest absolute Gasteiger partial charge is 0.326 e. The lowest BCUT2D eigenvalue weighted by Gasteiger charge is -2.27. The highest BCUT2D eigenvalue weighted by Gasteiger charge is 2.34. The molecule has 0 unspecified atom stereocenters. The van der Waals surface area contributed by atoms with Gasteiger partial charge in [-0.2, -0.15) is 5.10 Å². The lowest BCUT2D eigenvalue weighted by atomic mass is 10.1. The molecule has 17 heavy (non-hydrogen) atoms. The molecule has 96 valence electrons. The van der Waals surface area contributed by atoms with E-state index < -0.39 is 0 Å². The molecular weight excluding hydrogens is 212 g/mol. The van der Waals surface area contributed by atoms with E-state index >= 15 is 0 Å². The van der Waals surface area contributed by atoms with E-state index in [0.717, 1.165) is 19.5 Å². The summed E-state index contributed by atoms with van der Waals surface area (Å²) in [7, 11) is 0. The number of rotatable bonds is 4. The highest BCUT2D eigenvalue weighted by molar-refractivity contribution is 5.13. The molecule has 2 rings (SSSR count). The average molecular weight is 236 g/mol. The van der Waals surface area contributed by atoms with E-state index in [4.69, 9.17) is 5.73 Å². The standard InChI is InChI=1S/C13H24N4/c1-4-8-16-9-6-11(14)13(16)12-5-7-15-17(12)10(2)3/h5,7,10-11,13H,4,6,8-9,14H2,1-3H3/t11-,13-/m1/s1. The number of hydrogen-bond donors (Lipinski definition) is 1. The van der Waals surface area contributed by atoms with Gasteiger partial charge in [-0.15, -0.1) is 0 Å². The SMILES string of the molecule is CCCN1CC[C@@H](N)[C@@H]1c1ccnn1C(C)C. The maximum atomic E-state index is 6.28. The maximum absolute atomic E-state index is 6.28. The van der Waals surface area contributed by atoms with Crippen LogP contribution in [0.25, 0.3) is 0 Å². The van der Waals surface area contributed by atoms with Crippen LogP contribution in [-0.4, -0.2) is 33.8 Å². The van der Waals surface area contributed by atoms with Gasteiger partial charge < -0.3 is 5.73 Å². The van der Waals surface area contributed by atoms with Crippen LogP contribution in [0.1, 0.15) is 51.4 Å². The van der Waals surface area contributed by atoms with Gasteiger partial charge in [0.15, 0.2) is 0 Å². The summed E-state index contributed by atoms with van der Waals surface area (Å²) in [6.07, 6.45) is 4.16. The summed E-state index contributed by atoms with van der Waals surface area (Å²) >= 11 is 0. The lowest BCUT2D eigenvalue weighted by molar-refractivity contribution is 0.234. The monoisotopic (exact) mass is 236 g/mol. The number of aromatic nitrogens is 2. The Bertz CT molecular complexity index is 356. The quantitative estimate of drug-likeness (QED) is 0.869. The number of nitrogens with zero attached hydrogens (tertiary/aromatic N) is 3. The van der Waals surface area contributed by atoms with Gasteiger partial charge in [0.1, 0.15) is 0 Å². The summed E-state index contributed by atoms with van der Waals surface area (Å²) in [6, 6.07) is 3.12. The van der Waals surface area contributed by atoms with Gasteiger partial charge in [0.2, 0.25) is 0 Å². The van der Waals surface area contributed by atoms with Crippen molar-refractivity contribution in [3.8, 4) is 0 Å². The van der Waals surface area contributed by atoms with E-state index in [2.05, 4.69) is 41.5 Å². The molecule has 0 aliphatic carbocycles. The molecule has 0 spiro atoms. The van der Waals surface area contributed by atoms with Gasteiger partial charge in [-0.1, -0.05) is 6.92 Å². The highest BCUT2D eigenvalue weighted by Crippen LogP contribution is 2.32. The normalized spacial score (nSPS) is 25.9. The highest BCUT2D eigenvalue weighted by atomic mass is 15.3. The van der Waals surface area contributed by atoms with Crippen molar-refractivity contribution in [1.29, 1.82) is 0 Å². The van der Waals surface area contributed by atoms with Crippen LogP contribution in [0.4, 0.5) is 0 Å². The van der Waals surface area contributed by atoms with Gasteiger partial charge >= 0.3 is 0 Å². The van der Waals surface area contributed by atoms with Crippen LogP contribution in [0.3, 0.4) is 0 Å². The molecule has 4 nitrogen and oxygen atoms in total. The molecule has 2 heterocycles. The van der Waals surface area contributed by atoms with Crippen LogP contribution in [0, 0.1) is 0 Å². The number of likely N-dealkylation sites (tertiary alicyclic amines) is 1. The molecule has 1 aromatic rings. The molecule has 1 aromatic heterocycles. The van der Waals surface area contributed by atoms with Crippen LogP contribution in [0.15, 0.2) is 12.3 Å². The van der Waals surface area contributed by atoms with Crippen molar-refractivity contribution in [1.82, 2.24) is 14.7 Å². The molecule has 1 aliphatic heterocycles. The lowest BCUT2D eigenvalue weighted by Crippen LogP contribution is -2.34. The van der Waals surface area contributed by atoms with E-state index in [9.17, 15) is 0 Å². The summed E-state index contributed by atoms with van der Waals surface area (Å²) < 4.78 is 2.11. The van der Waals surface area contributed by atoms with Gasteiger partial charge in [-0.25, -0.2) is 0 Å². The Morgan fingerprint density at radius 1 is 1.53 bits per heavy atom. The predicted octanol–water partition coefficient (Wildman–Crippen LogP) is 1.95. The second-order valence-electron chi connectivity index (χ2n) is 5.23. The zero-order valence-corrected chi connectivity index (χ0v) is 11.1. The van der Waals surface area contributed by atoms with E-state index in [-0.39, 0.29) is 6.04 Å². The summed E-state index contributed by atoms with van der Waals surface area (Å²) in [5.74, 6) is 0. The van der Waals surface area contributed by atoms with Gasteiger partial charge in [0.25, 0.3) is 0 Å². The number of hydrogen-bond acceptors (Lipinski definition) is 3. The molecule has 1 fully saturated rings. The van der Waals surface area contributed by atoms with E-state index in [1.54, 1.807) is 0 Å². The Hall–Kier alpha value is -0.870. The van der Waals surface area contributed by atoms with Crippen LogP contribution in [-0.2, 0) is 0 Å². The minimum atomic E-state index is 0.246. The van der Waals surface area contributed by atoms with Gasteiger partial charge in [-0.05, 0) is 39.3 Å². The zero-order chi connectivity index (χ0) is 12.4. The Labute approximate surface area is 104 Å². The van der Waals surface area contributed by atoms with E-state index in [1.165, 1.54) is 12.1 Å². The van der Waals surface area contributed by atoms with Crippen LogP contribution in [0.5, 0.6) is 0 Å². The molecule has 1 saturated heterocycles. The summed E-state index contributed by atoms with van der Waals surface area (Å²) in [5.41, 5.74) is 7.55. The van der Waals surface area contributed by atoms with Crippen molar-refractivity contribution in [3.63, 3.8) is 0 Å². The molecule has 0 saturated carbocycles. The zero-order valence-electron chi connectivity index (χ0n) is 11.1. The minimum Gasteiger partial charge on any atom is -0.326 e. The summed E-state index contributed by atoms with van der Waals surface area (Å²) in [4.78, 5) is 2.50. The Morgan fingerprint density at radius 3 is 2.94 bits per heavy atom. The molecule has 4 heteroatoms.